The van der Waals surface area contributed by atoms with Gasteiger partial charge in [0.2, 0.25) is 5.91 Å². The second-order valence-corrected chi connectivity index (χ2v) is 6.97. The SMILES string of the molecule is COc1ccc2[nH]cc(C3CCN(C(=O)Cc4ccccc4)CC3)c2c1. The van der Waals surface area contributed by atoms with Gasteiger partial charge < -0.3 is 14.6 Å². The summed E-state index contributed by atoms with van der Waals surface area (Å²) in [5.74, 6) is 1.60. The Hall–Kier alpha value is -2.75. The van der Waals surface area contributed by atoms with Crippen molar-refractivity contribution in [1.82, 2.24) is 9.88 Å². The highest BCUT2D eigenvalue weighted by atomic mass is 16.5. The molecule has 0 atom stereocenters. The van der Waals surface area contributed by atoms with Gasteiger partial charge in [-0.05, 0) is 48.1 Å². The number of nitrogens with one attached hydrogen (secondary N) is 1. The molecule has 0 bridgehead atoms. The topological polar surface area (TPSA) is 45.3 Å². The molecule has 2 heterocycles. The number of benzene rings is 2. The Balaban J connectivity index is 1.43. The number of carbonyl (C=O) groups excluding carboxylic acids is 1. The molecule has 1 fully saturated rings. The second-order valence-electron chi connectivity index (χ2n) is 6.97. The average molecular weight is 348 g/mol. The minimum absolute atomic E-state index is 0.232. The Morgan fingerprint density at radius 1 is 1.15 bits per heavy atom. The molecule has 0 spiro atoms. The van der Waals surface area contributed by atoms with Crippen LogP contribution in [0.1, 0.15) is 29.9 Å². The van der Waals surface area contributed by atoms with Gasteiger partial charge in [0.1, 0.15) is 5.75 Å². The van der Waals surface area contributed by atoms with Crippen molar-refractivity contribution in [3.05, 3.63) is 65.9 Å². The summed E-state index contributed by atoms with van der Waals surface area (Å²) in [6.45, 7) is 1.65. The number of aromatic amines is 1. The predicted octanol–water partition coefficient (Wildman–Crippen LogP) is 4.13. The first-order valence-corrected chi connectivity index (χ1v) is 9.21. The molecule has 1 aromatic heterocycles. The van der Waals surface area contributed by atoms with E-state index >= 15 is 0 Å². The fraction of sp³-hybridized carbons (Fsp3) is 0.318. The molecule has 1 amide bonds. The van der Waals surface area contributed by atoms with Crippen LogP contribution in [0.25, 0.3) is 10.9 Å². The smallest absolute Gasteiger partial charge is 0.226 e. The molecule has 4 nitrogen and oxygen atoms in total. The molecule has 1 N–H and O–H groups in total. The van der Waals surface area contributed by atoms with Gasteiger partial charge in [-0.15, -0.1) is 0 Å². The van der Waals surface area contributed by atoms with Crippen molar-refractivity contribution in [3.8, 4) is 5.75 Å². The zero-order valence-electron chi connectivity index (χ0n) is 15.1. The number of amides is 1. The van der Waals surface area contributed by atoms with Crippen LogP contribution in [0.15, 0.2) is 54.7 Å². The molecule has 0 unspecified atom stereocenters. The van der Waals surface area contributed by atoms with Gasteiger partial charge in [-0.1, -0.05) is 30.3 Å². The minimum atomic E-state index is 0.232. The Morgan fingerprint density at radius 3 is 2.65 bits per heavy atom. The lowest BCUT2D eigenvalue weighted by Gasteiger charge is -2.32. The molecular weight excluding hydrogens is 324 g/mol. The summed E-state index contributed by atoms with van der Waals surface area (Å²) in [6, 6.07) is 16.1. The zero-order chi connectivity index (χ0) is 17.9. The van der Waals surface area contributed by atoms with Gasteiger partial charge in [-0.25, -0.2) is 0 Å². The number of carbonyl (C=O) groups is 1. The number of methoxy groups -OCH3 is 1. The lowest BCUT2D eigenvalue weighted by atomic mass is 9.89. The number of H-pyrrole nitrogens is 1. The van der Waals surface area contributed by atoms with Crippen LogP contribution in [-0.2, 0) is 11.2 Å². The highest BCUT2D eigenvalue weighted by Crippen LogP contribution is 2.34. The van der Waals surface area contributed by atoms with Gasteiger partial charge in [0.05, 0.1) is 13.5 Å². The normalized spacial score (nSPS) is 15.3. The standard InChI is InChI=1S/C22H24N2O2/c1-26-18-7-8-21-19(14-18)20(15-23-21)17-9-11-24(12-10-17)22(25)13-16-5-3-2-4-6-16/h2-8,14-15,17,23H,9-13H2,1H3. The average Bonchev–Trinajstić information content (AvgIpc) is 3.12. The monoisotopic (exact) mass is 348 g/mol. The van der Waals surface area contributed by atoms with E-state index in [9.17, 15) is 4.79 Å². The summed E-state index contributed by atoms with van der Waals surface area (Å²) in [5, 5.41) is 1.23. The van der Waals surface area contributed by atoms with Gasteiger partial charge >= 0.3 is 0 Å². The van der Waals surface area contributed by atoms with Crippen molar-refractivity contribution < 1.29 is 9.53 Å². The number of ether oxygens (including phenoxy) is 1. The van der Waals surface area contributed by atoms with Crippen LogP contribution in [0.5, 0.6) is 5.75 Å². The first kappa shape index (κ1) is 16.7. The molecule has 4 heteroatoms. The van der Waals surface area contributed by atoms with Crippen LogP contribution in [-0.4, -0.2) is 36.0 Å². The van der Waals surface area contributed by atoms with Gasteiger partial charge in [-0.3, -0.25) is 4.79 Å². The summed E-state index contributed by atoms with van der Waals surface area (Å²) in [5.41, 5.74) is 3.57. The Labute approximate surface area is 153 Å². The van der Waals surface area contributed by atoms with E-state index in [1.165, 1.54) is 10.9 Å². The minimum Gasteiger partial charge on any atom is -0.497 e. The highest BCUT2D eigenvalue weighted by Gasteiger charge is 2.25. The van der Waals surface area contributed by atoms with Gasteiger partial charge in [0.25, 0.3) is 0 Å². The lowest BCUT2D eigenvalue weighted by Crippen LogP contribution is -2.38. The summed E-state index contributed by atoms with van der Waals surface area (Å²) in [7, 11) is 1.70. The molecule has 26 heavy (non-hydrogen) atoms. The lowest BCUT2D eigenvalue weighted by molar-refractivity contribution is -0.131. The molecule has 3 aromatic rings. The zero-order valence-corrected chi connectivity index (χ0v) is 15.1. The highest BCUT2D eigenvalue weighted by molar-refractivity contribution is 5.85. The molecule has 0 saturated carbocycles. The van der Waals surface area contributed by atoms with Crippen LogP contribution in [0.2, 0.25) is 0 Å². The van der Waals surface area contributed by atoms with E-state index in [1.807, 2.05) is 41.3 Å². The summed E-state index contributed by atoms with van der Waals surface area (Å²) in [4.78, 5) is 17.9. The third kappa shape index (κ3) is 3.32. The maximum absolute atomic E-state index is 12.6. The van der Waals surface area contributed by atoms with Gasteiger partial charge in [0.15, 0.2) is 0 Å². The summed E-state index contributed by atoms with van der Waals surface area (Å²) >= 11 is 0. The first-order valence-electron chi connectivity index (χ1n) is 9.21. The van der Waals surface area contributed by atoms with Crippen LogP contribution in [0.4, 0.5) is 0 Å². The fourth-order valence-corrected chi connectivity index (χ4v) is 3.91. The molecule has 0 aliphatic carbocycles. The maximum atomic E-state index is 12.6. The third-order valence-electron chi connectivity index (χ3n) is 5.41. The molecule has 134 valence electrons. The van der Waals surface area contributed by atoms with Crippen molar-refractivity contribution in [1.29, 1.82) is 0 Å². The molecule has 0 radical (unpaired) electrons. The summed E-state index contributed by atoms with van der Waals surface area (Å²) < 4.78 is 5.37. The van der Waals surface area contributed by atoms with Crippen LogP contribution < -0.4 is 4.74 Å². The molecule has 1 saturated heterocycles. The van der Waals surface area contributed by atoms with Crippen LogP contribution in [0, 0.1) is 0 Å². The number of likely N-dealkylation sites (tertiary alicyclic amines) is 1. The first-order chi connectivity index (χ1) is 12.7. The number of hydrogen-bond donors (Lipinski definition) is 1. The van der Waals surface area contributed by atoms with E-state index < -0.39 is 0 Å². The van der Waals surface area contributed by atoms with E-state index in [-0.39, 0.29) is 5.91 Å². The Kier molecular flexibility index (Phi) is 4.65. The number of piperidine rings is 1. The largest absolute Gasteiger partial charge is 0.497 e. The molecular formula is C22H24N2O2. The quantitative estimate of drug-likeness (QED) is 0.771. The maximum Gasteiger partial charge on any atom is 0.226 e. The van der Waals surface area contributed by atoms with Gasteiger partial charge in [0, 0.05) is 30.2 Å². The third-order valence-corrected chi connectivity index (χ3v) is 5.41. The van der Waals surface area contributed by atoms with E-state index in [2.05, 4.69) is 23.3 Å². The van der Waals surface area contributed by atoms with Crippen molar-refractivity contribution in [2.24, 2.45) is 0 Å². The predicted molar refractivity (Wildman–Crippen MR) is 104 cm³/mol. The van der Waals surface area contributed by atoms with E-state index in [0.29, 0.717) is 12.3 Å². The van der Waals surface area contributed by atoms with Gasteiger partial charge in [-0.2, -0.15) is 0 Å². The number of aromatic nitrogens is 1. The molecule has 1 aliphatic heterocycles. The molecule has 2 aromatic carbocycles. The summed E-state index contributed by atoms with van der Waals surface area (Å²) in [6.07, 6.45) is 4.63. The number of nitrogens with zero attached hydrogens (tertiary/aromatic N) is 1. The van der Waals surface area contributed by atoms with Crippen molar-refractivity contribution >= 4 is 16.8 Å². The van der Waals surface area contributed by atoms with Crippen LogP contribution in [0.3, 0.4) is 0 Å². The van der Waals surface area contributed by atoms with Crippen molar-refractivity contribution in [2.45, 2.75) is 25.2 Å². The van der Waals surface area contributed by atoms with Crippen molar-refractivity contribution in [2.75, 3.05) is 20.2 Å². The number of hydrogen-bond acceptors (Lipinski definition) is 2. The Morgan fingerprint density at radius 2 is 1.92 bits per heavy atom. The van der Waals surface area contributed by atoms with Crippen molar-refractivity contribution in [3.63, 3.8) is 0 Å². The molecule has 4 rings (SSSR count). The fourth-order valence-electron chi connectivity index (χ4n) is 3.91. The van der Waals surface area contributed by atoms with Crippen LogP contribution >= 0.6 is 0 Å². The van der Waals surface area contributed by atoms with E-state index in [0.717, 1.165) is 42.8 Å². The number of rotatable bonds is 4. The molecule has 1 aliphatic rings. The van der Waals surface area contributed by atoms with E-state index in [1.54, 1.807) is 7.11 Å². The van der Waals surface area contributed by atoms with E-state index in [4.69, 9.17) is 4.74 Å². The number of fused-ring (bicyclic) bond motifs is 1. The Bertz CT molecular complexity index is 893. The second kappa shape index (κ2) is 7.24.